The summed E-state index contributed by atoms with van der Waals surface area (Å²) in [6.07, 6.45) is 12.8. The monoisotopic (exact) mass is 345 g/mol. The molecule has 142 valence electrons. The molecular weight excluding hydrogens is 306 g/mol. The Kier molecular flexibility index (Phi) is 4.60. The summed E-state index contributed by atoms with van der Waals surface area (Å²) in [6, 6.07) is 0.761. The number of aliphatic hydroxyl groups is 1. The van der Waals surface area contributed by atoms with E-state index in [9.17, 15) is 5.11 Å². The average molecular weight is 346 g/mol. The third-order valence-electron chi connectivity index (χ3n) is 9.35. The van der Waals surface area contributed by atoms with E-state index in [-0.39, 0.29) is 11.5 Å². The molecule has 0 radical (unpaired) electrons. The molecule has 4 saturated carbocycles. The van der Waals surface area contributed by atoms with Gasteiger partial charge >= 0.3 is 0 Å². The Labute approximate surface area is 154 Å². The highest BCUT2D eigenvalue weighted by molar-refractivity contribution is 5.27. The van der Waals surface area contributed by atoms with Crippen molar-refractivity contribution in [1.29, 1.82) is 0 Å². The summed E-state index contributed by atoms with van der Waals surface area (Å²) in [5.41, 5.74) is 2.19. The van der Waals surface area contributed by atoms with Crippen LogP contribution < -0.4 is 5.32 Å². The maximum absolute atomic E-state index is 10.7. The van der Waals surface area contributed by atoms with Crippen LogP contribution in [0.25, 0.3) is 0 Å². The van der Waals surface area contributed by atoms with Crippen molar-refractivity contribution in [3.05, 3.63) is 11.6 Å². The van der Waals surface area contributed by atoms with Gasteiger partial charge in [0.25, 0.3) is 0 Å². The Morgan fingerprint density at radius 1 is 1.08 bits per heavy atom. The second-order valence-corrected chi connectivity index (χ2v) is 10.1. The van der Waals surface area contributed by atoms with Crippen molar-refractivity contribution in [3.8, 4) is 0 Å². The number of allylic oxidation sites excluding steroid dienone is 1. The lowest BCUT2D eigenvalue weighted by molar-refractivity contribution is -0.102. The molecule has 0 aromatic heterocycles. The molecule has 0 heterocycles. The second-order valence-electron chi connectivity index (χ2n) is 10.1. The topological polar surface area (TPSA) is 32.3 Å². The Morgan fingerprint density at radius 2 is 1.88 bits per heavy atom. The highest BCUT2D eigenvalue weighted by atomic mass is 16.3. The molecule has 4 rings (SSSR count). The van der Waals surface area contributed by atoms with E-state index in [4.69, 9.17) is 0 Å². The minimum absolute atomic E-state index is 0.172. The van der Waals surface area contributed by atoms with Crippen LogP contribution in [0.5, 0.6) is 0 Å². The molecule has 1 unspecified atom stereocenters. The molecule has 25 heavy (non-hydrogen) atoms. The van der Waals surface area contributed by atoms with Gasteiger partial charge in [-0.25, -0.2) is 0 Å². The zero-order valence-electron chi connectivity index (χ0n) is 16.9. The zero-order valence-corrected chi connectivity index (χ0v) is 16.9. The van der Waals surface area contributed by atoms with E-state index in [1.54, 1.807) is 0 Å². The summed E-state index contributed by atoms with van der Waals surface area (Å²) < 4.78 is 0. The first-order chi connectivity index (χ1) is 11.9. The lowest BCUT2D eigenvalue weighted by Gasteiger charge is -2.60. The molecule has 2 nitrogen and oxygen atoms in total. The van der Waals surface area contributed by atoms with Crippen LogP contribution in [0, 0.1) is 34.5 Å². The fourth-order valence-corrected chi connectivity index (χ4v) is 8.12. The van der Waals surface area contributed by atoms with Crippen molar-refractivity contribution in [1.82, 2.24) is 5.32 Å². The van der Waals surface area contributed by atoms with Crippen LogP contribution in [0.15, 0.2) is 11.6 Å². The maximum atomic E-state index is 10.7. The van der Waals surface area contributed by atoms with E-state index in [1.807, 2.05) is 0 Å². The van der Waals surface area contributed by atoms with Gasteiger partial charge in [-0.1, -0.05) is 26.8 Å². The molecule has 0 saturated heterocycles. The average Bonchev–Trinajstić information content (AvgIpc) is 2.85. The van der Waals surface area contributed by atoms with E-state index in [0.717, 1.165) is 42.7 Å². The number of hydrogen-bond acceptors (Lipinski definition) is 2. The predicted molar refractivity (Wildman–Crippen MR) is 104 cm³/mol. The quantitative estimate of drug-likeness (QED) is 0.696. The Morgan fingerprint density at radius 3 is 2.60 bits per heavy atom. The first kappa shape index (κ1) is 18.0. The number of aliphatic hydroxyl groups excluding tert-OH is 1. The first-order valence-corrected chi connectivity index (χ1v) is 11.0. The van der Waals surface area contributed by atoms with Crippen molar-refractivity contribution >= 4 is 0 Å². The summed E-state index contributed by atoms with van der Waals surface area (Å²) in [7, 11) is 0. The molecule has 0 aliphatic heterocycles. The summed E-state index contributed by atoms with van der Waals surface area (Å²) in [4.78, 5) is 0. The standard InChI is InChI=1S/C23H39NO/c1-5-18-21(25)14-20-17-8-7-15-13-16(24-6-2)9-11-22(15,3)19(17)10-12-23(18,20)4/h5,15-17,19-21,24-25H,6-14H2,1-4H3/b18-5-/t15?,16-,17+,19-,20-,21+,22-,23+/m0/s1. The van der Waals surface area contributed by atoms with Gasteiger partial charge in [0.05, 0.1) is 6.10 Å². The summed E-state index contributed by atoms with van der Waals surface area (Å²) in [6.45, 7) is 10.6. The molecule has 4 aliphatic rings. The third kappa shape index (κ3) is 2.57. The molecule has 0 aromatic carbocycles. The molecule has 0 amide bonds. The molecule has 0 aromatic rings. The molecule has 4 aliphatic carbocycles. The van der Waals surface area contributed by atoms with E-state index in [1.165, 1.54) is 50.5 Å². The van der Waals surface area contributed by atoms with Gasteiger partial charge in [0.1, 0.15) is 0 Å². The summed E-state index contributed by atoms with van der Waals surface area (Å²) >= 11 is 0. The van der Waals surface area contributed by atoms with Gasteiger partial charge in [0.2, 0.25) is 0 Å². The fraction of sp³-hybridized carbons (Fsp3) is 0.913. The van der Waals surface area contributed by atoms with Gasteiger partial charge < -0.3 is 10.4 Å². The van der Waals surface area contributed by atoms with Crippen LogP contribution in [0.3, 0.4) is 0 Å². The minimum Gasteiger partial charge on any atom is -0.389 e. The number of fused-ring (bicyclic) bond motifs is 5. The normalized spacial score (nSPS) is 54.0. The molecule has 2 N–H and O–H groups in total. The SMILES string of the molecule is C/C=C1/[C@H](O)C[C@H]2[C@@H]3CCC4C[C@@H](NCC)CC[C@]4(C)[C@H]3CC[C@]12C. The van der Waals surface area contributed by atoms with Crippen LogP contribution in [-0.4, -0.2) is 23.8 Å². The van der Waals surface area contributed by atoms with Crippen LogP contribution in [0.4, 0.5) is 0 Å². The van der Waals surface area contributed by atoms with Gasteiger partial charge in [0.15, 0.2) is 0 Å². The van der Waals surface area contributed by atoms with Gasteiger partial charge in [0, 0.05) is 6.04 Å². The molecular formula is C23H39NO. The van der Waals surface area contributed by atoms with E-state index < -0.39 is 0 Å². The zero-order chi connectivity index (χ0) is 17.8. The Hall–Kier alpha value is -0.340. The lowest BCUT2D eigenvalue weighted by atomic mass is 9.45. The van der Waals surface area contributed by atoms with E-state index in [2.05, 4.69) is 39.1 Å². The molecule has 2 heteroatoms. The van der Waals surface area contributed by atoms with Crippen molar-refractivity contribution < 1.29 is 5.11 Å². The number of hydrogen-bond donors (Lipinski definition) is 2. The van der Waals surface area contributed by atoms with E-state index >= 15 is 0 Å². The molecule has 0 bridgehead atoms. The number of rotatable bonds is 2. The smallest absolute Gasteiger partial charge is 0.0758 e. The second kappa shape index (κ2) is 6.37. The molecule has 8 atom stereocenters. The predicted octanol–water partition coefficient (Wildman–Crippen LogP) is 4.92. The summed E-state index contributed by atoms with van der Waals surface area (Å²) in [5.74, 6) is 3.39. The summed E-state index contributed by atoms with van der Waals surface area (Å²) in [5, 5.41) is 14.4. The molecule has 4 fully saturated rings. The van der Waals surface area contributed by atoms with E-state index in [0.29, 0.717) is 5.41 Å². The Balaban J connectivity index is 1.58. The van der Waals surface area contributed by atoms with Gasteiger partial charge in [-0.15, -0.1) is 0 Å². The minimum atomic E-state index is -0.172. The van der Waals surface area contributed by atoms with Crippen molar-refractivity contribution in [2.75, 3.05) is 6.54 Å². The third-order valence-corrected chi connectivity index (χ3v) is 9.35. The number of nitrogens with one attached hydrogen (secondary N) is 1. The van der Waals surface area contributed by atoms with Crippen LogP contribution in [0.2, 0.25) is 0 Å². The van der Waals surface area contributed by atoms with Crippen LogP contribution in [-0.2, 0) is 0 Å². The largest absolute Gasteiger partial charge is 0.389 e. The highest BCUT2D eigenvalue weighted by Crippen LogP contribution is 2.67. The fourth-order valence-electron chi connectivity index (χ4n) is 8.12. The van der Waals surface area contributed by atoms with Crippen molar-refractivity contribution in [2.45, 2.75) is 91.2 Å². The first-order valence-electron chi connectivity index (χ1n) is 11.0. The van der Waals surface area contributed by atoms with Crippen molar-refractivity contribution in [2.24, 2.45) is 34.5 Å². The van der Waals surface area contributed by atoms with Gasteiger partial charge in [-0.05, 0) is 105 Å². The maximum Gasteiger partial charge on any atom is 0.0758 e. The van der Waals surface area contributed by atoms with Gasteiger partial charge in [-0.2, -0.15) is 0 Å². The van der Waals surface area contributed by atoms with Crippen LogP contribution >= 0.6 is 0 Å². The highest BCUT2D eigenvalue weighted by Gasteiger charge is 2.60. The van der Waals surface area contributed by atoms with Gasteiger partial charge in [-0.3, -0.25) is 0 Å². The Bertz CT molecular complexity index is 542. The van der Waals surface area contributed by atoms with Crippen LogP contribution in [0.1, 0.15) is 79.1 Å². The lowest BCUT2D eigenvalue weighted by Crippen LogP contribution is -2.54. The van der Waals surface area contributed by atoms with Crippen molar-refractivity contribution in [3.63, 3.8) is 0 Å². The molecule has 0 spiro atoms.